The first-order valence-corrected chi connectivity index (χ1v) is 5.32. The smallest absolute Gasteiger partial charge is 0.332 e. The zero-order valence-corrected chi connectivity index (χ0v) is 9.05. The molecule has 1 fully saturated rings. The summed E-state index contributed by atoms with van der Waals surface area (Å²) in [5.74, 6) is -0.474. The fraction of sp³-hybridized carbons (Fsp3) is 0.500. The maximum absolute atomic E-state index is 11.0. The van der Waals surface area contributed by atoms with E-state index in [0.29, 0.717) is 25.2 Å². The summed E-state index contributed by atoms with van der Waals surface area (Å²) in [6, 6.07) is 1.34. The number of anilines is 1. The van der Waals surface area contributed by atoms with E-state index in [-0.39, 0.29) is 11.7 Å². The summed E-state index contributed by atoms with van der Waals surface area (Å²) in [7, 11) is 0. The van der Waals surface area contributed by atoms with Gasteiger partial charge in [0.1, 0.15) is 5.82 Å². The second kappa shape index (κ2) is 4.96. The Morgan fingerprint density at radius 2 is 2.47 bits per heavy atom. The Morgan fingerprint density at radius 3 is 3.12 bits per heavy atom. The average molecular weight is 239 g/mol. The zero-order valence-electron chi connectivity index (χ0n) is 9.05. The molecule has 3 N–H and O–H groups in total. The molecule has 2 unspecified atom stereocenters. The highest BCUT2D eigenvalue weighted by Gasteiger charge is 2.30. The fourth-order valence-electron chi connectivity index (χ4n) is 1.72. The van der Waals surface area contributed by atoms with Gasteiger partial charge in [0.05, 0.1) is 12.4 Å². The van der Waals surface area contributed by atoms with Crippen molar-refractivity contribution >= 4 is 11.8 Å². The summed E-state index contributed by atoms with van der Waals surface area (Å²) in [6.07, 6.45) is 1.64. The molecule has 1 aromatic rings. The first-order valence-electron chi connectivity index (χ1n) is 5.32. The quantitative estimate of drug-likeness (QED) is 0.673. The molecule has 0 bridgehead atoms. The van der Waals surface area contributed by atoms with Crippen LogP contribution in [0.25, 0.3) is 0 Å². The van der Waals surface area contributed by atoms with Gasteiger partial charge in [-0.15, -0.1) is 0 Å². The molecule has 2 heterocycles. The summed E-state index contributed by atoms with van der Waals surface area (Å²) in [5.41, 5.74) is -0.238. The van der Waals surface area contributed by atoms with Crippen LogP contribution in [-0.2, 0) is 9.53 Å². The standard InChI is InChI=1S/C10H13N3O4/c14-9-3-8(12-5-13-9)11-4-6-1-2-7(17-6)10(15)16/h3,5-7H,1-2,4H2,(H,15,16)(H2,11,12,13,14). The first kappa shape index (κ1) is 11.6. The highest BCUT2D eigenvalue weighted by Crippen LogP contribution is 2.19. The number of nitrogens with zero attached hydrogens (tertiary/aromatic N) is 1. The minimum absolute atomic E-state index is 0.155. The number of rotatable bonds is 4. The van der Waals surface area contributed by atoms with Crippen molar-refractivity contribution in [3.8, 4) is 0 Å². The fourth-order valence-corrected chi connectivity index (χ4v) is 1.72. The van der Waals surface area contributed by atoms with E-state index in [9.17, 15) is 9.59 Å². The van der Waals surface area contributed by atoms with Crippen LogP contribution in [0, 0.1) is 0 Å². The monoisotopic (exact) mass is 239 g/mol. The Labute approximate surface area is 96.8 Å². The topological polar surface area (TPSA) is 104 Å². The van der Waals surface area contributed by atoms with Crippen LogP contribution in [0.2, 0.25) is 0 Å². The van der Waals surface area contributed by atoms with Crippen LogP contribution in [0.15, 0.2) is 17.2 Å². The van der Waals surface area contributed by atoms with E-state index in [1.807, 2.05) is 0 Å². The van der Waals surface area contributed by atoms with Gasteiger partial charge in [-0.1, -0.05) is 0 Å². The lowest BCUT2D eigenvalue weighted by Gasteiger charge is -2.12. The van der Waals surface area contributed by atoms with Crippen molar-refractivity contribution in [3.63, 3.8) is 0 Å². The number of aromatic amines is 1. The molecule has 0 aromatic carbocycles. The molecule has 1 saturated heterocycles. The van der Waals surface area contributed by atoms with Crippen molar-refractivity contribution in [2.24, 2.45) is 0 Å². The van der Waals surface area contributed by atoms with E-state index in [4.69, 9.17) is 9.84 Å². The van der Waals surface area contributed by atoms with E-state index in [1.165, 1.54) is 12.4 Å². The summed E-state index contributed by atoms with van der Waals surface area (Å²) < 4.78 is 5.30. The van der Waals surface area contributed by atoms with Gasteiger partial charge in [0.25, 0.3) is 5.56 Å². The number of H-pyrrole nitrogens is 1. The van der Waals surface area contributed by atoms with Crippen LogP contribution in [-0.4, -0.2) is 39.8 Å². The predicted octanol–water partition coefficient (Wildman–Crippen LogP) is -0.186. The molecule has 0 radical (unpaired) electrons. The molecule has 0 aliphatic carbocycles. The lowest BCUT2D eigenvalue weighted by Crippen LogP contribution is -2.25. The van der Waals surface area contributed by atoms with Gasteiger partial charge in [-0.3, -0.25) is 4.79 Å². The van der Waals surface area contributed by atoms with E-state index in [0.717, 1.165) is 0 Å². The number of nitrogens with one attached hydrogen (secondary N) is 2. The molecule has 0 saturated carbocycles. The number of carboxylic acid groups (broad SMARTS) is 1. The number of carbonyl (C=O) groups is 1. The molecular formula is C10H13N3O4. The normalized spacial score (nSPS) is 23.5. The number of ether oxygens (including phenoxy) is 1. The van der Waals surface area contributed by atoms with Crippen molar-refractivity contribution in [1.29, 1.82) is 0 Å². The highest BCUT2D eigenvalue weighted by atomic mass is 16.5. The molecule has 7 heteroatoms. The molecule has 0 spiro atoms. The third-order valence-electron chi connectivity index (χ3n) is 2.57. The lowest BCUT2D eigenvalue weighted by atomic mass is 10.2. The molecular weight excluding hydrogens is 226 g/mol. The SMILES string of the molecule is O=C(O)C1CCC(CNc2cc(=O)[nH]cn2)O1. The van der Waals surface area contributed by atoms with Gasteiger partial charge in [-0.25, -0.2) is 9.78 Å². The minimum atomic E-state index is -0.929. The Kier molecular flexibility index (Phi) is 3.38. The predicted molar refractivity (Wildman–Crippen MR) is 58.9 cm³/mol. The minimum Gasteiger partial charge on any atom is -0.479 e. The van der Waals surface area contributed by atoms with Gasteiger partial charge in [0, 0.05) is 12.6 Å². The first-order chi connectivity index (χ1) is 8.15. The average Bonchev–Trinajstić information content (AvgIpc) is 2.75. The molecule has 7 nitrogen and oxygen atoms in total. The van der Waals surface area contributed by atoms with Crippen molar-refractivity contribution in [1.82, 2.24) is 9.97 Å². The summed E-state index contributed by atoms with van der Waals surface area (Å²) in [5, 5.41) is 11.7. The number of hydrogen-bond acceptors (Lipinski definition) is 5. The number of aliphatic carboxylic acids is 1. The van der Waals surface area contributed by atoms with Gasteiger partial charge in [0.15, 0.2) is 6.10 Å². The van der Waals surface area contributed by atoms with Gasteiger partial charge < -0.3 is 20.1 Å². The largest absolute Gasteiger partial charge is 0.479 e. The van der Waals surface area contributed by atoms with Gasteiger partial charge >= 0.3 is 5.97 Å². The van der Waals surface area contributed by atoms with Crippen LogP contribution in [0.3, 0.4) is 0 Å². The molecule has 1 aliphatic rings. The number of aromatic nitrogens is 2. The Morgan fingerprint density at radius 1 is 1.65 bits per heavy atom. The molecule has 2 rings (SSSR count). The van der Waals surface area contributed by atoms with Gasteiger partial charge in [0.2, 0.25) is 0 Å². The maximum Gasteiger partial charge on any atom is 0.332 e. The van der Waals surface area contributed by atoms with Crippen LogP contribution in [0.5, 0.6) is 0 Å². The lowest BCUT2D eigenvalue weighted by molar-refractivity contribution is -0.149. The Balaban J connectivity index is 1.84. The van der Waals surface area contributed by atoms with E-state index in [2.05, 4.69) is 15.3 Å². The van der Waals surface area contributed by atoms with E-state index in [1.54, 1.807) is 0 Å². The summed E-state index contributed by atoms with van der Waals surface area (Å²) in [6.45, 7) is 0.445. The second-order valence-corrected chi connectivity index (χ2v) is 3.84. The van der Waals surface area contributed by atoms with E-state index >= 15 is 0 Å². The van der Waals surface area contributed by atoms with Crippen LogP contribution in [0.4, 0.5) is 5.82 Å². The van der Waals surface area contributed by atoms with Crippen molar-refractivity contribution in [2.45, 2.75) is 25.0 Å². The summed E-state index contributed by atoms with van der Waals surface area (Å²) >= 11 is 0. The second-order valence-electron chi connectivity index (χ2n) is 3.84. The third kappa shape index (κ3) is 3.04. The Hall–Kier alpha value is -1.89. The molecule has 1 aromatic heterocycles. The van der Waals surface area contributed by atoms with E-state index < -0.39 is 12.1 Å². The maximum atomic E-state index is 11.0. The van der Waals surface area contributed by atoms with Crippen LogP contribution >= 0.6 is 0 Å². The van der Waals surface area contributed by atoms with Crippen molar-refractivity contribution in [2.75, 3.05) is 11.9 Å². The van der Waals surface area contributed by atoms with Gasteiger partial charge in [-0.2, -0.15) is 0 Å². The molecule has 2 atom stereocenters. The third-order valence-corrected chi connectivity index (χ3v) is 2.57. The molecule has 92 valence electrons. The van der Waals surface area contributed by atoms with Crippen LogP contribution < -0.4 is 10.9 Å². The van der Waals surface area contributed by atoms with Crippen molar-refractivity contribution < 1.29 is 14.6 Å². The Bertz CT molecular complexity index is 459. The molecule has 1 aliphatic heterocycles. The molecule has 0 amide bonds. The highest BCUT2D eigenvalue weighted by molar-refractivity contribution is 5.72. The van der Waals surface area contributed by atoms with Gasteiger partial charge in [-0.05, 0) is 12.8 Å². The zero-order chi connectivity index (χ0) is 12.3. The molecule has 17 heavy (non-hydrogen) atoms. The number of hydrogen-bond donors (Lipinski definition) is 3. The summed E-state index contributed by atoms with van der Waals surface area (Å²) in [4.78, 5) is 28.0. The van der Waals surface area contributed by atoms with Crippen molar-refractivity contribution in [3.05, 3.63) is 22.7 Å². The number of carboxylic acids is 1. The van der Waals surface area contributed by atoms with Crippen LogP contribution in [0.1, 0.15) is 12.8 Å².